The number of rotatable bonds is 4. The van der Waals surface area contributed by atoms with Crippen LogP contribution in [0.15, 0.2) is 29.6 Å². The van der Waals surface area contributed by atoms with Crippen LogP contribution >= 0.6 is 11.3 Å². The van der Waals surface area contributed by atoms with Crippen molar-refractivity contribution >= 4 is 17.3 Å². The van der Waals surface area contributed by atoms with Gasteiger partial charge in [-0.05, 0) is 19.1 Å². The van der Waals surface area contributed by atoms with Crippen LogP contribution in [0.4, 0.5) is 0 Å². The van der Waals surface area contributed by atoms with Crippen LogP contribution in [0.5, 0.6) is 0 Å². The SMILES string of the molecule is CCOC(=O)Cc1nc(-c2cccc(C#N)c2)cs1. The van der Waals surface area contributed by atoms with Gasteiger partial charge in [-0.3, -0.25) is 4.79 Å². The summed E-state index contributed by atoms with van der Waals surface area (Å²) in [6.07, 6.45) is 0.191. The van der Waals surface area contributed by atoms with Crippen molar-refractivity contribution in [2.45, 2.75) is 13.3 Å². The number of benzene rings is 1. The molecule has 0 aliphatic carbocycles. The van der Waals surface area contributed by atoms with Gasteiger partial charge in [0.15, 0.2) is 0 Å². The number of carbonyl (C=O) groups is 1. The molecule has 4 nitrogen and oxygen atoms in total. The Morgan fingerprint density at radius 2 is 2.37 bits per heavy atom. The van der Waals surface area contributed by atoms with E-state index in [1.807, 2.05) is 17.5 Å². The van der Waals surface area contributed by atoms with E-state index in [2.05, 4.69) is 11.1 Å². The highest BCUT2D eigenvalue weighted by atomic mass is 32.1. The number of nitrogens with zero attached hydrogens (tertiary/aromatic N) is 2. The van der Waals surface area contributed by atoms with Crippen LogP contribution in [0.25, 0.3) is 11.3 Å². The zero-order valence-corrected chi connectivity index (χ0v) is 11.2. The molecule has 0 radical (unpaired) electrons. The van der Waals surface area contributed by atoms with Gasteiger partial charge in [0.2, 0.25) is 0 Å². The lowest BCUT2D eigenvalue weighted by Gasteiger charge is -1.98. The van der Waals surface area contributed by atoms with Gasteiger partial charge in [-0.2, -0.15) is 5.26 Å². The molecule has 0 saturated carbocycles. The average Bonchev–Trinajstić information content (AvgIpc) is 2.87. The molecule has 1 aromatic carbocycles. The van der Waals surface area contributed by atoms with Crippen LogP contribution in [-0.4, -0.2) is 17.6 Å². The lowest BCUT2D eigenvalue weighted by Crippen LogP contribution is -2.07. The maximum absolute atomic E-state index is 11.4. The minimum Gasteiger partial charge on any atom is -0.466 e. The summed E-state index contributed by atoms with van der Waals surface area (Å²) in [5, 5.41) is 11.5. The first kappa shape index (κ1) is 13.2. The second kappa shape index (κ2) is 6.12. The number of hydrogen-bond donors (Lipinski definition) is 0. The minimum absolute atomic E-state index is 0.191. The molecule has 0 aliphatic rings. The van der Waals surface area contributed by atoms with Gasteiger partial charge in [-0.15, -0.1) is 11.3 Å². The Labute approximate surface area is 115 Å². The lowest BCUT2D eigenvalue weighted by atomic mass is 10.1. The number of thiazole rings is 1. The van der Waals surface area contributed by atoms with Crippen LogP contribution in [0.2, 0.25) is 0 Å². The van der Waals surface area contributed by atoms with Gasteiger partial charge >= 0.3 is 5.97 Å². The van der Waals surface area contributed by atoms with Crippen molar-refractivity contribution in [3.05, 3.63) is 40.2 Å². The van der Waals surface area contributed by atoms with Crippen LogP contribution in [0.3, 0.4) is 0 Å². The number of ether oxygens (including phenoxy) is 1. The predicted molar refractivity (Wildman–Crippen MR) is 72.6 cm³/mol. The van der Waals surface area contributed by atoms with Gasteiger partial charge in [0.25, 0.3) is 0 Å². The zero-order valence-electron chi connectivity index (χ0n) is 10.4. The standard InChI is InChI=1S/C14H12N2O2S/c1-2-18-14(17)7-13-16-12(9-19-13)11-5-3-4-10(6-11)8-15/h3-6,9H,2,7H2,1H3. The Morgan fingerprint density at radius 3 is 3.11 bits per heavy atom. The summed E-state index contributed by atoms with van der Waals surface area (Å²) in [7, 11) is 0. The fourth-order valence-corrected chi connectivity index (χ4v) is 2.40. The third-order valence-corrected chi connectivity index (χ3v) is 3.29. The van der Waals surface area contributed by atoms with E-state index in [1.165, 1.54) is 11.3 Å². The summed E-state index contributed by atoms with van der Waals surface area (Å²) in [5.41, 5.74) is 2.25. The van der Waals surface area contributed by atoms with E-state index in [9.17, 15) is 4.79 Å². The molecular formula is C14H12N2O2S. The third kappa shape index (κ3) is 3.39. The monoisotopic (exact) mass is 272 g/mol. The van der Waals surface area contributed by atoms with Gasteiger partial charge in [0.1, 0.15) is 5.01 Å². The first-order valence-corrected chi connectivity index (χ1v) is 6.71. The molecule has 1 aromatic heterocycles. The molecule has 0 amide bonds. The predicted octanol–water partition coefficient (Wildman–Crippen LogP) is 2.79. The van der Waals surface area contributed by atoms with Gasteiger partial charge in [-0.25, -0.2) is 4.98 Å². The van der Waals surface area contributed by atoms with Crippen molar-refractivity contribution in [3.63, 3.8) is 0 Å². The summed E-state index contributed by atoms with van der Waals surface area (Å²) in [6.45, 7) is 2.15. The summed E-state index contributed by atoms with van der Waals surface area (Å²) in [4.78, 5) is 15.7. The molecule has 0 atom stereocenters. The Morgan fingerprint density at radius 1 is 1.53 bits per heavy atom. The fraction of sp³-hybridized carbons (Fsp3) is 0.214. The molecule has 1 heterocycles. The molecule has 5 heteroatoms. The Balaban J connectivity index is 2.16. The largest absolute Gasteiger partial charge is 0.466 e. The maximum atomic E-state index is 11.4. The topological polar surface area (TPSA) is 63.0 Å². The molecule has 0 spiro atoms. The normalized spacial score (nSPS) is 9.89. The molecule has 19 heavy (non-hydrogen) atoms. The van der Waals surface area contributed by atoms with Crippen LogP contribution in [0.1, 0.15) is 17.5 Å². The summed E-state index contributed by atoms with van der Waals surface area (Å²) in [5.74, 6) is -0.269. The smallest absolute Gasteiger partial charge is 0.312 e. The van der Waals surface area contributed by atoms with E-state index in [0.29, 0.717) is 12.2 Å². The van der Waals surface area contributed by atoms with Crippen LogP contribution in [-0.2, 0) is 16.0 Å². The van der Waals surface area contributed by atoms with Crippen molar-refractivity contribution in [3.8, 4) is 17.3 Å². The Kier molecular flexibility index (Phi) is 4.26. The van der Waals surface area contributed by atoms with E-state index in [1.54, 1.807) is 19.1 Å². The van der Waals surface area contributed by atoms with E-state index in [-0.39, 0.29) is 12.4 Å². The Bertz CT molecular complexity index is 628. The van der Waals surface area contributed by atoms with E-state index >= 15 is 0 Å². The fourth-order valence-electron chi connectivity index (χ4n) is 1.61. The summed E-state index contributed by atoms with van der Waals surface area (Å²) >= 11 is 1.42. The highest BCUT2D eigenvalue weighted by Crippen LogP contribution is 2.23. The third-order valence-electron chi connectivity index (χ3n) is 2.44. The lowest BCUT2D eigenvalue weighted by molar-refractivity contribution is -0.142. The van der Waals surface area contributed by atoms with Crippen molar-refractivity contribution in [1.29, 1.82) is 5.26 Å². The molecular weight excluding hydrogens is 260 g/mol. The highest BCUT2D eigenvalue weighted by molar-refractivity contribution is 7.10. The van der Waals surface area contributed by atoms with Crippen molar-refractivity contribution in [2.75, 3.05) is 6.61 Å². The highest BCUT2D eigenvalue weighted by Gasteiger charge is 2.10. The van der Waals surface area contributed by atoms with Gasteiger partial charge < -0.3 is 4.74 Å². The van der Waals surface area contributed by atoms with Gasteiger partial charge in [0, 0.05) is 10.9 Å². The molecule has 2 aromatic rings. The van der Waals surface area contributed by atoms with Gasteiger partial charge in [-0.1, -0.05) is 12.1 Å². The Hall–Kier alpha value is -2.19. The zero-order chi connectivity index (χ0) is 13.7. The molecule has 0 aliphatic heterocycles. The summed E-state index contributed by atoms with van der Waals surface area (Å²) in [6, 6.07) is 9.33. The first-order valence-electron chi connectivity index (χ1n) is 5.83. The second-order valence-corrected chi connectivity index (χ2v) is 4.74. The first-order chi connectivity index (χ1) is 9.22. The molecule has 0 unspecified atom stereocenters. The minimum atomic E-state index is -0.269. The average molecular weight is 272 g/mol. The van der Waals surface area contributed by atoms with E-state index in [0.717, 1.165) is 16.3 Å². The molecule has 96 valence electrons. The second-order valence-electron chi connectivity index (χ2n) is 3.80. The number of nitriles is 1. The number of esters is 1. The van der Waals surface area contributed by atoms with Crippen molar-refractivity contribution in [1.82, 2.24) is 4.98 Å². The summed E-state index contributed by atoms with van der Waals surface area (Å²) < 4.78 is 4.88. The van der Waals surface area contributed by atoms with Gasteiger partial charge in [0.05, 0.1) is 30.4 Å². The van der Waals surface area contributed by atoms with Crippen LogP contribution < -0.4 is 0 Å². The molecule has 2 rings (SSSR count). The number of carbonyl (C=O) groups excluding carboxylic acids is 1. The molecule has 0 saturated heterocycles. The molecule has 0 fully saturated rings. The van der Waals surface area contributed by atoms with E-state index < -0.39 is 0 Å². The van der Waals surface area contributed by atoms with E-state index in [4.69, 9.17) is 10.00 Å². The quantitative estimate of drug-likeness (QED) is 0.803. The van der Waals surface area contributed by atoms with Crippen molar-refractivity contribution < 1.29 is 9.53 Å². The number of aromatic nitrogens is 1. The molecule has 0 N–H and O–H groups in total. The number of hydrogen-bond acceptors (Lipinski definition) is 5. The van der Waals surface area contributed by atoms with Crippen LogP contribution in [0, 0.1) is 11.3 Å². The van der Waals surface area contributed by atoms with Crippen molar-refractivity contribution in [2.24, 2.45) is 0 Å². The maximum Gasteiger partial charge on any atom is 0.312 e. The molecule has 0 bridgehead atoms.